The molecule has 0 saturated carbocycles. The summed E-state index contributed by atoms with van der Waals surface area (Å²) in [5.74, 6) is -6.95. The van der Waals surface area contributed by atoms with E-state index in [1.807, 2.05) is 20.8 Å². The highest BCUT2D eigenvalue weighted by Crippen LogP contribution is 2.33. The molecule has 1 fully saturated rings. The standard InChI is InChI=1S/C22H38F2O7/c1-5-9-12-27-15-16-18(29-13-10-6-2)19(30-14-11-7-3)17(25)20(31-16)22(23,24)21(26)28-8-4/h16,18-20H,5-15H2,1-4H3/t16-,18+,19-,20+/m1/s1. The van der Waals surface area contributed by atoms with Gasteiger partial charge in [0.1, 0.15) is 18.3 Å². The lowest BCUT2D eigenvalue weighted by molar-refractivity contribution is -0.245. The molecule has 0 aromatic carbocycles. The topological polar surface area (TPSA) is 80.3 Å². The summed E-state index contributed by atoms with van der Waals surface area (Å²) < 4.78 is 56.7. The molecule has 7 nitrogen and oxygen atoms in total. The van der Waals surface area contributed by atoms with Crippen molar-refractivity contribution in [3.05, 3.63) is 0 Å². The van der Waals surface area contributed by atoms with Crippen LogP contribution in [0.3, 0.4) is 0 Å². The van der Waals surface area contributed by atoms with Crippen LogP contribution in [0.5, 0.6) is 0 Å². The second-order valence-electron chi connectivity index (χ2n) is 7.56. The maximum absolute atomic E-state index is 14.8. The van der Waals surface area contributed by atoms with Crippen LogP contribution in [0, 0.1) is 0 Å². The molecule has 1 aliphatic heterocycles. The van der Waals surface area contributed by atoms with E-state index in [0.29, 0.717) is 19.6 Å². The average molecular weight is 453 g/mol. The van der Waals surface area contributed by atoms with Crippen molar-refractivity contribution in [2.24, 2.45) is 0 Å². The Morgan fingerprint density at radius 1 is 0.968 bits per heavy atom. The Balaban J connectivity index is 3.13. The predicted octanol–water partition coefficient (Wildman–Crippen LogP) is 3.71. The van der Waals surface area contributed by atoms with E-state index in [9.17, 15) is 18.4 Å². The lowest BCUT2D eigenvalue weighted by Crippen LogP contribution is -2.64. The molecule has 0 spiro atoms. The Labute approximate surface area is 184 Å². The van der Waals surface area contributed by atoms with Crippen LogP contribution in [-0.4, -0.2) is 75.1 Å². The van der Waals surface area contributed by atoms with Gasteiger partial charge in [0.2, 0.25) is 0 Å². The van der Waals surface area contributed by atoms with E-state index >= 15 is 0 Å². The minimum Gasteiger partial charge on any atom is -0.461 e. The summed E-state index contributed by atoms with van der Waals surface area (Å²) in [6.07, 6.45) is -0.699. The third-order valence-electron chi connectivity index (χ3n) is 4.92. The molecule has 4 atom stereocenters. The summed E-state index contributed by atoms with van der Waals surface area (Å²) >= 11 is 0. The monoisotopic (exact) mass is 452 g/mol. The van der Waals surface area contributed by atoms with Crippen LogP contribution in [0.2, 0.25) is 0 Å². The van der Waals surface area contributed by atoms with E-state index in [4.69, 9.17) is 18.9 Å². The number of ketones is 1. The summed E-state index contributed by atoms with van der Waals surface area (Å²) in [4.78, 5) is 24.8. The quantitative estimate of drug-likeness (QED) is 0.261. The number of carbonyl (C=O) groups excluding carboxylic acids is 2. The smallest absolute Gasteiger partial charge is 0.380 e. The molecule has 0 bridgehead atoms. The van der Waals surface area contributed by atoms with Crippen molar-refractivity contribution in [1.29, 1.82) is 0 Å². The molecule has 0 aliphatic carbocycles. The number of alkyl halides is 2. The van der Waals surface area contributed by atoms with Crippen LogP contribution in [-0.2, 0) is 33.3 Å². The molecule has 31 heavy (non-hydrogen) atoms. The third kappa shape index (κ3) is 8.36. The summed E-state index contributed by atoms with van der Waals surface area (Å²) in [7, 11) is 0. The number of hydrogen-bond donors (Lipinski definition) is 0. The molecule has 1 heterocycles. The van der Waals surface area contributed by atoms with Gasteiger partial charge in [0, 0.05) is 19.8 Å². The Morgan fingerprint density at radius 3 is 2.13 bits per heavy atom. The molecule has 0 N–H and O–H groups in total. The highest BCUT2D eigenvalue weighted by Gasteiger charge is 2.60. The Kier molecular flexibility index (Phi) is 13.3. The second-order valence-corrected chi connectivity index (χ2v) is 7.56. The number of carbonyl (C=O) groups is 2. The summed E-state index contributed by atoms with van der Waals surface area (Å²) in [5.41, 5.74) is 0. The van der Waals surface area contributed by atoms with Crippen LogP contribution >= 0.6 is 0 Å². The van der Waals surface area contributed by atoms with Crippen LogP contribution < -0.4 is 0 Å². The maximum Gasteiger partial charge on any atom is 0.380 e. The van der Waals surface area contributed by atoms with Gasteiger partial charge in [0.05, 0.1) is 13.2 Å². The van der Waals surface area contributed by atoms with Crippen LogP contribution in [0.15, 0.2) is 0 Å². The van der Waals surface area contributed by atoms with Crippen molar-refractivity contribution in [2.45, 2.75) is 96.6 Å². The first-order chi connectivity index (χ1) is 14.8. The maximum atomic E-state index is 14.8. The SMILES string of the molecule is CCCCOC[C@H]1O[C@H](C(F)(F)C(=O)OCC)C(=O)[C@@H](OCCCC)[C@H]1OCCCC. The number of unbranched alkanes of at least 4 members (excludes halogenated alkanes) is 3. The molecule has 1 saturated heterocycles. The minimum atomic E-state index is -4.14. The number of Topliss-reactive ketones (excluding diaryl/α,β-unsaturated/α-hetero) is 1. The Morgan fingerprint density at radius 2 is 1.55 bits per heavy atom. The molecule has 0 aromatic heterocycles. The van der Waals surface area contributed by atoms with Gasteiger partial charge in [0.25, 0.3) is 0 Å². The zero-order chi connectivity index (χ0) is 23.3. The van der Waals surface area contributed by atoms with E-state index in [1.165, 1.54) is 6.92 Å². The van der Waals surface area contributed by atoms with Crippen LogP contribution in [0.1, 0.15) is 66.2 Å². The van der Waals surface area contributed by atoms with E-state index in [2.05, 4.69) is 4.74 Å². The Hall–Kier alpha value is -1.16. The van der Waals surface area contributed by atoms with Crippen LogP contribution in [0.25, 0.3) is 0 Å². The fraction of sp³-hybridized carbons (Fsp3) is 0.909. The molecular weight excluding hydrogens is 414 g/mol. The molecule has 1 rings (SSSR count). The van der Waals surface area contributed by atoms with Gasteiger partial charge >= 0.3 is 11.9 Å². The van der Waals surface area contributed by atoms with Gasteiger partial charge in [-0.15, -0.1) is 0 Å². The van der Waals surface area contributed by atoms with Gasteiger partial charge in [0.15, 0.2) is 11.9 Å². The van der Waals surface area contributed by atoms with Crippen molar-refractivity contribution in [3.8, 4) is 0 Å². The van der Waals surface area contributed by atoms with Crippen molar-refractivity contribution in [2.75, 3.05) is 33.0 Å². The lowest BCUT2D eigenvalue weighted by Gasteiger charge is -2.41. The van der Waals surface area contributed by atoms with Crippen molar-refractivity contribution in [1.82, 2.24) is 0 Å². The van der Waals surface area contributed by atoms with Gasteiger partial charge in [-0.1, -0.05) is 40.0 Å². The molecular formula is C22H38F2O7. The lowest BCUT2D eigenvalue weighted by atomic mass is 9.92. The number of ether oxygens (including phenoxy) is 5. The van der Waals surface area contributed by atoms with Crippen molar-refractivity contribution < 1.29 is 42.1 Å². The first-order valence-electron chi connectivity index (χ1n) is 11.4. The van der Waals surface area contributed by atoms with Gasteiger partial charge in [-0.3, -0.25) is 4.79 Å². The Bertz CT molecular complexity index is 530. The minimum absolute atomic E-state index is 0.0485. The molecule has 0 radical (unpaired) electrons. The van der Waals surface area contributed by atoms with E-state index < -0.39 is 42.1 Å². The fourth-order valence-electron chi connectivity index (χ4n) is 3.09. The van der Waals surface area contributed by atoms with Gasteiger partial charge in [-0.05, 0) is 26.2 Å². The van der Waals surface area contributed by atoms with Gasteiger partial charge < -0.3 is 23.7 Å². The summed E-state index contributed by atoms with van der Waals surface area (Å²) in [6.45, 7) is 8.03. The van der Waals surface area contributed by atoms with Crippen molar-refractivity contribution >= 4 is 11.8 Å². The van der Waals surface area contributed by atoms with Gasteiger partial charge in [-0.25, -0.2) is 4.79 Å². The summed E-state index contributed by atoms with van der Waals surface area (Å²) in [5, 5.41) is 0. The number of rotatable bonds is 16. The highest BCUT2D eigenvalue weighted by molar-refractivity contribution is 5.95. The number of esters is 1. The molecule has 1 aliphatic rings. The molecule has 9 heteroatoms. The first-order valence-corrected chi connectivity index (χ1v) is 11.4. The van der Waals surface area contributed by atoms with E-state index in [0.717, 1.165) is 32.1 Å². The predicted molar refractivity (Wildman–Crippen MR) is 110 cm³/mol. The summed E-state index contributed by atoms with van der Waals surface area (Å²) in [6, 6.07) is 0. The van der Waals surface area contributed by atoms with Gasteiger partial charge in [-0.2, -0.15) is 8.78 Å². The molecule has 0 aromatic rings. The van der Waals surface area contributed by atoms with Crippen molar-refractivity contribution in [3.63, 3.8) is 0 Å². The number of hydrogen-bond acceptors (Lipinski definition) is 7. The van der Waals surface area contributed by atoms with E-state index in [1.54, 1.807) is 0 Å². The first kappa shape index (κ1) is 27.9. The molecule has 182 valence electrons. The largest absolute Gasteiger partial charge is 0.461 e. The average Bonchev–Trinajstić information content (AvgIpc) is 2.74. The zero-order valence-electron chi connectivity index (χ0n) is 19.2. The fourth-order valence-corrected chi connectivity index (χ4v) is 3.09. The zero-order valence-corrected chi connectivity index (χ0v) is 19.2. The normalized spacial score (nSPS) is 24.4. The molecule has 0 unspecified atom stereocenters. The van der Waals surface area contributed by atoms with Crippen LogP contribution in [0.4, 0.5) is 8.78 Å². The molecule has 0 amide bonds. The highest BCUT2D eigenvalue weighted by atomic mass is 19.3. The second kappa shape index (κ2) is 14.8. The van der Waals surface area contributed by atoms with E-state index in [-0.39, 0.29) is 19.8 Å². The third-order valence-corrected chi connectivity index (χ3v) is 4.92. The number of halogens is 2.